The molecule has 0 bridgehead atoms. The summed E-state index contributed by atoms with van der Waals surface area (Å²) in [4.78, 5) is 24.5. The number of amides is 2. The van der Waals surface area contributed by atoms with Gasteiger partial charge in [0.25, 0.3) is 0 Å². The highest BCUT2D eigenvalue weighted by atomic mass is 19.4. The molecule has 1 atom stereocenters. The minimum atomic E-state index is -4.55. The summed E-state index contributed by atoms with van der Waals surface area (Å²) in [5.74, 6) is -1.53. The molecule has 6 nitrogen and oxygen atoms in total. The number of hydrogen-bond acceptors (Lipinski definition) is 3. The molecule has 0 aliphatic carbocycles. The standard InChI is InChI=1S/C16H19F3N2O4/c1-2-7-25-13-4-3-11(16(17,18)19)8-12(13)20-15(24)21-6-5-10(9-21)14(22)23/h3-4,8,10H,2,5-7,9H2,1H3,(H,20,24)(H,22,23). The van der Waals surface area contributed by atoms with Crippen molar-refractivity contribution in [1.82, 2.24) is 4.90 Å². The van der Waals surface area contributed by atoms with Crippen LogP contribution in [-0.4, -0.2) is 41.7 Å². The van der Waals surface area contributed by atoms with Gasteiger partial charge < -0.3 is 20.1 Å². The van der Waals surface area contributed by atoms with Crippen molar-refractivity contribution < 1.29 is 32.6 Å². The topological polar surface area (TPSA) is 78.9 Å². The molecule has 1 aromatic rings. The molecule has 1 unspecified atom stereocenters. The first-order valence-electron chi connectivity index (χ1n) is 7.85. The van der Waals surface area contributed by atoms with Gasteiger partial charge in [0.2, 0.25) is 0 Å². The third-order valence-corrected chi connectivity index (χ3v) is 3.83. The number of halogens is 3. The van der Waals surface area contributed by atoms with E-state index in [1.165, 1.54) is 4.90 Å². The number of likely N-dealkylation sites (tertiary alicyclic amines) is 1. The van der Waals surface area contributed by atoms with Gasteiger partial charge in [-0.2, -0.15) is 13.2 Å². The van der Waals surface area contributed by atoms with E-state index >= 15 is 0 Å². The molecule has 2 amide bonds. The van der Waals surface area contributed by atoms with Crippen molar-refractivity contribution in [3.05, 3.63) is 23.8 Å². The number of aliphatic carboxylic acids is 1. The van der Waals surface area contributed by atoms with Crippen molar-refractivity contribution in [2.45, 2.75) is 25.9 Å². The summed E-state index contributed by atoms with van der Waals surface area (Å²) < 4.78 is 44.1. The van der Waals surface area contributed by atoms with E-state index in [1.807, 2.05) is 6.92 Å². The lowest BCUT2D eigenvalue weighted by Gasteiger charge is -2.19. The number of nitrogens with zero attached hydrogens (tertiary/aromatic N) is 1. The number of carbonyl (C=O) groups is 2. The van der Waals surface area contributed by atoms with Gasteiger partial charge in [-0.05, 0) is 31.0 Å². The van der Waals surface area contributed by atoms with Crippen LogP contribution in [0, 0.1) is 5.92 Å². The van der Waals surface area contributed by atoms with Crippen LogP contribution < -0.4 is 10.1 Å². The first-order chi connectivity index (χ1) is 11.7. The molecule has 0 saturated carbocycles. The molecule has 25 heavy (non-hydrogen) atoms. The van der Waals surface area contributed by atoms with Gasteiger partial charge >= 0.3 is 18.2 Å². The molecular weight excluding hydrogens is 341 g/mol. The van der Waals surface area contributed by atoms with Crippen molar-refractivity contribution in [2.75, 3.05) is 25.0 Å². The van der Waals surface area contributed by atoms with Gasteiger partial charge in [-0.3, -0.25) is 4.79 Å². The summed E-state index contributed by atoms with van der Waals surface area (Å²) in [7, 11) is 0. The second kappa shape index (κ2) is 7.62. The first kappa shape index (κ1) is 18.9. The van der Waals surface area contributed by atoms with Crippen molar-refractivity contribution >= 4 is 17.7 Å². The van der Waals surface area contributed by atoms with E-state index in [1.54, 1.807) is 0 Å². The number of nitrogens with one attached hydrogen (secondary N) is 1. The zero-order valence-electron chi connectivity index (χ0n) is 13.6. The summed E-state index contributed by atoms with van der Waals surface area (Å²) in [6, 6.07) is 2.22. The van der Waals surface area contributed by atoms with Crippen LogP contribution >= 0.6 is 0 Å². The Bertz CT molecular complexity index is 649. The molecular formula is C16H19F3N2O4. The number of anilines is 1. The summed E-state index contributed by atoms with van der Waals surface area (Å²) in [6.45, 7) is 2.38. The maximum Gasteiger partial charge on any atom is 0.416 e. The minimum Gasteiger partial charge on any atom is -0.491 e. The zero-order chi connectivity index (χ0) is 18.6. The highest BCUT2D eigenvalue weighted by Crippen LogP contribution is 2.35. The first-order valence-corrected chi connectivity index (χ1v) is 7.85. The maximum absolute atomic E-state index is 12.9. The molecule has 1 aromatic carbocycles. The number of benzene rings is 1. The van der Waals surface area contributed by atoms with Gasteiger partial charge in [-0.25, -0.2) is 4.79 Å². The van der Waals surface area contributed by atoms with Crippen LogP contribution in [0.4, 0.5) is 23.7 Å². The van der Waals surface area contributed by atoms with E-state index in [-0.39, 0.29) is 24.5 Å². The lowest BCUT2D eigenvalue weighted by Crippen LogP contribution is -2.34. The molecule has 2 N–H and O–H groups in total. The molecule has 0 spiro atoms. The Balaban J connectivity index is 2.17. The second-order valence-electron chi connectivity index (χ2n) is 5.76. The molecule has 1 aliphatic heterocycles. The fraction of sp³-hybridized carbons (Fsp3) is 0.500. The Labute approximate surface area is 142 Å². The van der Waals surface area contributed by atoms with Crippen molar-refractivity contribution in [3.63, 3.8) is 0 Å². The van der Waals surface area contributed by atoms with Gasteiger partial charge in [0.15, 0.2) is 0 Å². The van der Waals surface area contributed by atoms with E-state index in [0.717, 1.165) is 18.2 Å². The van der Waals surface area contributed by atoms with Crippen LogP contribution in [0.15, 0.2) is 18.2 Å². The molecule has 1 fully saturated rings. The van der Waals surface area contributed by atoms with Gasteiger partial charge in [0.05, 0.1) is 23.8 Å². The Kier molecular flexibility index (Phi) is 5.76. The third-order valence-electron chi connectivity index (χ3n) is 3.83. The van der Waals surface area contributed by atoms with Gasteiger partial charge in [-0.1, -0.05) is 6.92 Å². The third kappa shape index (κ3) is 4.77. The Morgan fingerprint density at radius 2 is 2.12 bits per heavy atom. The Morgan fingerprint density at radius 1 is 1.40 bits per heavy atom. The molecule has 1 saturated heterocycles. The van der Waals surface area contributed by atoms with E-state index in [4.69, 9.17) is 9.84 Å². The van der Waals surface area contributed by atoms with Crippen LogP contribution in [0.2, 0.25) is 0 Å². The van der Waals surface area contributed by atoms with Crippen molar-refractivity contribution in [1.29, 1.82) is 0 Å². The fourth-order valence-corrected chi connectivity index (χ4v) is 2.48. The lowest BCUT2D eigenvalue weighted by molar-refractivity contribution is -0.141. The number of rotatable bonds is 5. The van der Waals surface area contributed by atoms with E-state index in [0.29, 0.717) is 19.4 Å². The van der Waals surface area contributed by atoms with E-state index < -0.39 is 29.7 Å². The number of ether oxygens (including phenoxy) is 1. The summed E-state index contributed by atoms with van der Waals surface area (Å²) in [6.07, 6.45) is -3.59. The normalized spacial score (nSPS) is 17.4. The molecule has 138 valence electrons. The fourth-order valence-electron chi connectivity index (χ4n) is 2.48. The quantitative estimate of drug-likeness (QED) is 0.843. The number of carboxylic acid groups (broad SMARTS) is 1. The number of carboxylic acids is 1. The lowest BCUT2D eigenvalue weighted by atomic mass is 10.1. The Morgan fingerprint density at radius 3 is 2.68 bits per heavy atom. The predicted molar refractivity (Wildman–Crippen MR) is 83.6 cm³/mol. The Hall–Kier alpha value is -2.45. The smallest absolute Gasteiger partial charge is 0.416 e. The monoisotopic (exact) mass is 360 g/mol. The summed E-state index contributed by atoms with van der Waals surface area (Å²) in [5, 5.41) is 11.4. The van der Waals surface area contributed by atoms with Crippen LogP contribution in [0.5, 0.6) is 5.75 Å². The average molecular weight is 360 g/mol. The molecule has 9 heteroatoms. The summed E-state index contributed by atoms with van der Waals surface area (Å²) in [5.41, 5.74) is -0.997. The van der Waals surface area contributed by atoms with Crippen LogP contribution in [0.1, 0.15) is 25.3 Å². The van der Waals surface area contributed by atoms with Crippen LogP contribution in [-0.2, 0) is 11.0 Å². The van der Waals surface area contributed by atoms with E-state index in [9.17, 15) is 22.8 Å². The summed E-state index contributed by atoms with van der Waals surface area (Å²) >= 11 is 0. The predicted octanol–water partition coefficient (Wildman–Crippen LogP) is 3.43. The average Bonchev–Trinajstić information content (AvgIpc) is 3.03. The largest absolute Gasteiger partial charge is 0.491 e. The highest BCUT2D eigenvalue weighted by molar-refractivity contribution is 5.91. The van der Waals surface area contributed by atoms with Crippen molar-refractivity contribution in [2.24, 2.45) is 5.92 Å². The number of carbonyl (C=O) groups excluding carboxylic acids is 1. The zero-order valence-corrected chi connectivity index (χ0v) is 13.6. The molecule has 2 rings (SSSR count). The minimum absolute atomic E-state index is 0.0191. The van der Waals surface area contributed by atoms with Crippen LogP contribution in [0.3, 0.4) is 0 Å². The van der Waals surface area contributed by atoms with Gasteiger partial charge in [0, 0.05) is 13.1 Å². The van der Waals surface area contributed by atoms with Crippen LogP contribution in [0.25, 0.3) is 0 Å². The number of hydrogen-bond donors (Lipinski definition) is 2. The SMILES string of the molecule is CCCOc1ccc(C(F)(F)F)cc1NC(=O)N1CCC(C(=O)O)C1. The van der Waals surface area contributed by atoms with Gasteiger partial charge in [-0.15, -0.1) is 0 Å². The molecule has 1 aliphatic rings. The van der Waals surface area contributed by atoms with Crippen molar-refractivity contribution in [3.8, 4) is 5.75 Å². The van der Waals surface area contributed by atoms with E-state index in [2.05, 4.69) is 5.32 Å². The molecule has 1 heterocycles. The molecule has 0 aromatic heterocycles. The maximum atomic E-state index is 12.9. The number of urea groups is 1. The van der Waals surface area contributed by atoms with Gasteiger partial charge in [0.1, 0.15) is 5.75 Å². The molecule has 0 radical (unpaired) electrons. The number of alkyl halides is 3. The highest BCUT2D eigenvalue weighted by Gasteiger charge is 2.33. The second-order valence-corrected chi connectivity index (χ2v) is 5.76.